The van der Waals surface area contributed by atoms with E-state index in [0.29, 0.717) is 26.3 Å². The van der Waals surface area contributed by atoms with E-state index in [4.69, 9.17) is 10.5 Å². The predicted molar refractivity (Wildman–Crippen MR) is 52.3 cm³/mol. The standard InChI is InChI=1S/C8H10F3N5O/c9-8(10,11)5-13-6(12)15-7(14-5)16-1-3-17-4-2-16/h1-4H2,(H2,12,13,14,15). The molecular formula is C8H10F3N5O. The Hall–Kier alpha value is -1.64. The van der Waals surface area contributed by atoms with Crippen LogP contribution in [0.4, 0.5) is 25.1 Å². The number of halogens is 3. The van der Waals surface area contributed by atoms with Crippen LogP contribution in [0, 0.1) is 0 Å². The van der Waals surface area contributed by atoms with Crippen LogP contribution in [0.1, 0.15) is 5.82 Å². The maximum atomic E-state index is 12.5. The summed E-state index contributed by atoms with van der Waals surface area (Å²) < 4.78 is 42.5. The third kappa shape index (κ3) is 2.73. The summed E-state index contributed by atoms with van der Waals surface area (Å²) >= 11 is 0. The summed E-state index contributed by atoms with van der Waals surface area (Å²) in [6.45, 7) is 1.71. The molecule has 1 aliphatic rings. The number of aromatic nitrogens is 3. The van der Waals surface area contributed by atoms with Crippen molar-refractivity contribution in [3.8, 4) is 0 Å². The number of hydrogen-bond acceptors (Lipinski definition) is 6. The highest BCUT2D eigenvalue weighted by Gasteiger charge is 2.36. The topological polar surface area (TPSA) is 77.2 Å². The highest BCUT2D eigenvalue weighted by atomic mass is 19.4. The summed E-state index contributed by atoms with van der Waals surface area (Å²) in [7, 11) is 0. The lowest BCUT2D eigenvalue weighted by Crippen LogP contribution is -2.38. The lowest BCUT2D eigenvalue weighted by molar-refractivity contribution is -0.144. The van der Waals surface area contributed by atoms with Gasteiger partial charge >= 0.3 is 6.18 Å². The Morgan fingerprint density at radius 1 is 1.12 bits per heavy atom. The van der Waals surface area contributed by atoms with Crippen LogP contribution < -0.4 is 10.6 Å². The minimum atomic E-state index is -4.63. The Morgan fingerprint density at radius 2 is 1.76 bits per heavy atom. The maximum Gasteiger partial charge on any atom is 0.451 e. The second kappa shape index (κ2) is 4.32. The summed E-state index contributed by atoms with van der Waals surface area (Å²) in [4.78, 5) is 11.7. The highest BCUT2D eigenvalue weighted by molar-refractivity contribution is 5.35. The van der Waals surface area contributed by atoms with E-state index in [1.165, 1.54) is 0 Å². The number of morpholine rings is 1. The fraction of sp³-hybridized carbons (Fsp3) is 0.625. The van der Waals surface area contributed by atoms with Crippen molar-refractivity contribution >= 4 is 11.9 Å². The number of alkyl halides is 3. The zero-order valence-corrected chi connectivity index (χ0v) is 8.74. The molecule has 1 aromatic heterocycles. The van der Waals surface area contributed by atoms with E-state index < -0.39 is 17.9 Å². The Kier molecular flexibility index (Phi) is 3.01. The molecule has 0 radical (unpaired) electrons. The van der Waals surface area contributed by atoms with Crippen molar-refractivity contribution in [3.63, 3.8) is 0 Å². The molecule has 1 saturated heterocycles. The van der Waals surface area contributed by atoms with Crippen molar-refractivity contribution in [2.75, 3.05) is 36.9 Å². The summed E-state index contributed by atoms with van der Waals surface area (Å²) in [5, 5.41) is 0. The molecule has 0 aliphatic carbocycles. The van der Waals surface area contributed by atoms with Gasteiger partial charge in [-0.1, -0.05) is 0 Å². The van der Waals surface area contributed by atoms with Crippen molar-refractivity contribution < 1.29 is 17.9 Å². The minimum absolute atomic E-state index is 0.0619. The normalized spacial score (nSPS) is 17.2. The highest BCUT2D eigenvalue weighted by Crippen LogP contribution is 2.27. The number of nitrogens with two attached hydrogens (primary N) is 1. The van der Waals surface area contributed by atoms with Crippen LogP contribution in [0.25, 0.3) is 0 Å². The molecule has 2 heterocycles. The molecule has 9 heteroatoms. The fourth-order valence-electron chi connectivity index (χ4n) is 1.41. The van der Waals surface area contributed by atoms with Gasteiger partial charge in [0.25, 0.3) is 0 Å². The largest absolute Gasteiger partial charge is 0.451 e. The van der Waals surface area contributed by atoms with Gasteiger partial charge in [-0.3, -0.25) is 0 Å². The molecule has 2 rings (SSSR count). The first-order valence-corrected chi connectivity index (χ1v) is 4.88. The van der Waals surface area contributed by atoms with Crippen LogP contribution in [-0.2, 0) is 10.9 Å². The van der Waals surface area contributed by atoms with E-state index in [1.54, 1.807) is 4.90 Å². The molecule has 1 aromatic rings. The first kappa shape index (κ1) is 11.8. The molecule has 94 valence electrons. The second-order valence-electron chi connectivity index (χ2n) is 3.41. The molecule has 2 N–H and O–H groups in total. The third-order valence-electron chi connectivity index (χ3n) is 2.19. The summed E-state index contributed by atoms with van der Waals surface area (Å²) in [6.07, 6.45) is -4.63. The molecule has 0 atom stereocenters. The molecule has 0 spiro atoms. The van der Waals surface area contributed by atoms with E-state index in [1.807, 2.05) is 0 Å². The van der Waals surface area contributed by atoms with Gasteiger partial charge in [0.15, 0.2) is 0 Å². The minimum Gasteiger partial charge on any atom is -0.378 e. The van der Waals surface area contributed by atoms with Crippen LogP contribution in [-0.4, -0.2) is 41.3 Å². The molecule has 0 amide bonds. The molecule has 0 saturated carbocycles. The lowest BCUT2D eigenvalue weighted by atomic mass is 10.4. The zero-order valence-electron chi connectivity index (χ0n) is 8.74. The van der Waals surface area contributed by atoms with E-state index in [0.717, 1.165) is 0 Å². The SMILES string of the molecule is Nc1nc(N2CCOCC2)nc(C(F)(F)F)n1. The number of ether oxygens (including phenoxy) is 1. The summed E-state index contributed by atoms with van der Waals surface area (Å²) in [5.74, 6) is -1.77. The van der Waals surface area contributed by atoms with E-state index in [-0.39, 0.29) is 5.95 Å². The molecule has 1 aliphatic heterocycles. The number of nitrogen functional groups attached to an aromatic ring is 1. The second-order valence-corrected chi connectivity index (χ2v) is 3.41. The van der Waals surface area contributed by atoms with E-state index >= 15 is 0 Å². The van der Waals surface area contributed by atoms with Crippen LogP contribution in [0.2, 0.25) is 0 Å². The lowest BCUT2D eigenvalue weighted by Gasteiger charge is -2.26. The van der Waals surface area contributed by atoms with Gasteiger partial charge in [0.05, 0.1) is 13.2 Å². The van der Waals surface area contributed by atoms with Gasteiger partial charge in [0.2, 0.25) is 17.7 Å². The first-order chi connectivity index (χ1) is 7.97. The van der Waals surface area contributed by atoms with E-state index in [2.05, 4.69) is 15.0 Å². The molecule has 6 nitrogen and oxygen atoms in total. The average molecular weight is 249 g/mol. The molecule has 0 unspecified atom stereocenters. The average Bonchev–Trinajstić information content (AvgIpc) is 2.28. The van der Waals surface area contributed by atoms with Crippen LogP contribution in [0.15, 0.2) is 0 Å². The molecule has 1 fully saturated rings. The third-order valence-corrected chi connectivity index (χ3v) is 2.19. The quantitative estimate of drug-likeness (QED) is 0.771. The van der Waals surface area contributed by atoms with Crippen LogP contribution >= 0.6 is 0 Å². The van der Waals surface area contributed by atoms with Gasteiger partial charge in [0.1, 0.15) is 0 Å². The molecule has 0 bridgehead atoms. The molecular weight excluding hydrogens is 239 g/mol. The van der Waals surface area contributed by atoms with E-state index in [9.17, 15) is 13.2 Å². The Morgan fingerprint density at radius 3 is 2.35 bits per heavy atom. The van der Waals surface area contributed by atoms with Crippen molar-refractivity contribution in [2.45, 2.75) is 6.18 Å². The predicted octanol–water partition coefficient (Wildman–Crippen LogP) is 0.309. The van der Waals surface area contributed by atoms with Crippen LogP contribution in [0.3, 0.4) is 0 Å². The first-order valence-electron chi connectivity index (χ1n) is 4.88. The number of rotatable bonds is 1. The van der Waals surface area contributed by atoms with Gasteiger partial charge in [-0.15, -0.1) is 0 Å². The van der Waals surface area contributed by atoms with Crippen molar-refractivity contribution in [3.05, 3.63) is 5.82 Å². The Labute approximate surface area is 94.6 Å². The number of hydrogen-bond donors (Lipinski definition) is 1. The van der Waals surface area contributed by atoms with Crippen molar-refractivity contribution in [1.29, 1.82) is 0 Å². The van der Waals surface area contributed by atoms with Gasteiger partial charge in [-0.2, -0.15) is 28.1 Å². The number of anilines is 2. The summed E-state index contributed by atoms with van der Waals surface area (Å²) in [6, 6.07) is 0. The zero-order chi connectivity index (χ0) is 12.5. The number of nitrogens with zero attached hydrogens (tertiary/aromatic N) is 4. The van der Waals surface area contributed by atoms with Gasteiger partial charge < -0.3 is 15.4 Å². The van der Waals surface area contributed by atoms with Crippen molar-refractivity contribution in [1.82, 2.24) is 15.0 Å². The van der Waals surface area contributed by atoms with Crippen LogP contribution in [0.5, 0.6) is 0 Å². The molecule has 17 heavy (non-hydrogen) atoms. The Bertz CT molecular complexity index is 405. The van der Waals surface area contributed by atoms with Gasteiger partial charge in [0, 0.05) is 13.1 Å². The Balaban J connectivity index is 2.31. The monoisotopic (exact) mass is 249 g/mol. The van der Waals surface area contributed by atoms with Gasteiger partial charge in [-0.25, -0.2) is 0 Å². The van der Waals surface area contributed by atoms with Crippen molar-refractivity contribution in [2.24, 2.45) is 0 Å². The fourth-order valence-corrected chi connectivity index (χ4v) is 1.41. The molecule has 0 aromatic carbocycles. The smallest absolute Gasteiger partial charge is 0.378 e. The van der Waals surface area contributed by atoms with Gasteiger partial charge in [-0.05, 0) is 0 Å². The maximum absolute atomic E-state index is 12.5. The summed E-state index contributed by atoms with van der Waals surface area (Å²) in [5.41, 5.74) is 5.24.